The molecule has 5 bridgehead atoms. The number of hydrogen-bond acceptors (Lipinski definition) is 16. The van der Waals surface area contributed by atoms with Gasteiger partial charge in [-0.3, -0.25) is 24.3 Å². The summed E-state index contributed by atoms with van der Waals surface area (Å²) in [5.41, 5.74) is 0.686. The Morgan fingerprint density at radius 1 is 0.899 bits per heavy atom. The first-order chi connectivity index (χ1) is 32.5. The van der Waals surface area contributed by atoms with Crippen molar-refractivity contribution in [1.29, 1.82) is 0 Å². The number of ether oxygens (including phenoxy) is 5. The number of phenols is 3. The number of amides is 1. The number of aliphatic hydroxyl groups is 2. The molecular formula is C52H68N4O13. The fourth-order valence-electron chi connectivity index (χ4n) is 9.77. The summed E-state index contributed by atoms with van der Waals surface area (Å²) in [7, 11) is 3.06. The molecule has 4 aliphatic rings. The van der Waals surface area contributed by atoms with Crippen LogP contribution >= 0.6 is 0 Å². The van der Waals surface area contributed by atoms with E-state index in [9.17, 15) is 39.9 Å². The van der Waals surface area contributed by atoms with Crippen LogP contribution in [0.1, 0.15) is 89.4 Å². The van der Waals surface area contributed by atoms with E-state index in [4.69, 9.17) is 28.8 Å². The van der Waals surface area contributed by atoms with Gasteiger partial charge in [-0.1, -0.05) is 58.1 Å². The van der Waals surface area contributed by atoms with E-state index in [1.54, 1.807) is 47.0 Å². The molecule has 4 aliphatic heterocycles. The first kappa shape index (κ1) is 52.2. The highest BCUT2D eigenvalue weighted by molar-refractivity contribution is 6.23. The highest BCUT2D eigenvalue weighted by Gasteiger charge is 2.50. The number of anilines is 1. The predicted octanol–water partition coefficient (Wildman–Crippen LogP) is 6.69. The molecular weight excluding hydrogens is 889 g/mol. The van der Waals surface area contributed by atoms with Crippen molar-refractivity contribution in [2.24, 2.45) is 28.8 Å². The number of aromatic hydroxyl groups is 3. The molecule has 7 rings (SSSR count). The van der Waals surface area contributed by atoms with Gasteiger partial charge >= 0.3 is 11.8 Å². The van der Waals surface area contributed by atoms with Crippen molar-refractivity contribution in [2.45, 2.75) is 118 Å². The average Bonchev–Trinajstić information content (AvgIpc) is 3.57. The average molecular weight is 957 g/mol. The minimum Gasteiger partial charge on any atom is -0.507 e. The molecule has 17 heteroatoms. The third-order valence-electron chi connectivity index (χ3n) is 13.9. The van der Waals surface area contributed by atoms with E-state index in [0.717, 1.165) is 11.3 Å². The number of hydrogen-bond donors (Lipinski definition) is 6. The van der Waals surface area contributed by atoms with E-state index in [1.807, 2.05) is 43.1 Å². The molecule has 17 nitrogen and oxygen atoms in total. The zero-order valence-corrected chi connectivity index (χ0v) is 41.5. The molecule has 11 atom stereocenters. The number of hydrazone groups is 1. The molecule has 0 spiro atoms. The van der Waals surface area contributed by atoms with Gasteiger partial charge in [0.15, 0.2) is 5.75 Å². The fraction of sp³-hybridized carbons (Fsp3) is 0.500. The predicted molar refractivity (Wildman–Crippen MR) is 260 cm³/mol. The van der Waals surface area contributed by atoms with Gasteiger partial charge in [0.25, 0.3) is 11.7 Å². The Morgan fingerprint density at radius 3 is 2.16 bits per heavy atom. The third-order valence-corrected chi connectivity index (χ3v) is 13.9. The van der Waals surface area contributed by atoms with Crippen LogP contribution in [0.5, 0.6) is 28.7 Å². The molecule has 1 saturated heterocycles. The first-order valence-electron chi connectivity index (χ1n) is 23.3. The first-order valence-corrected chi connectivity index (χ1v) is 23.3. The number of benzene rings is 3. The number of esters is 1. The molecule has 6 N–H and O–H groups in total. The zero-order chi connectivity index (χ0) is 50.8. The molecule has 1 fully saturated rings. The second kappa shape index (κ2) is 21.2. The normalized spacial score (nSPS) is 29.5. The van der Waals surface area contributed by atoms with Crippen LogP contribution in [0.4, 0.5) is 5.69 Å². The Hall–Kier alpha value is -6.14. The van der Waals surface area contributed by atoms with E-state index in [1.165, 1.54) is 59.4 Å². The van der Waals surface area contributed by atoms with Gasteiger partial charge in [-0.05, 0) is 51.5 Å². The summed E-state index contributed by atoms with van der Waals surface area (Å²) in [5, 5.41) is 68.2. The minimum absolute atomic E-state index is 0.0446. The largest absolute Gasteiger partial charge is 0.507 e. The maximum Gasteiger partial charge on any atom is 0.312 e. The molecule has 0 saturated carbocycles. The number of nitrogens with zero attached hydrogens (tertiary/aromatic N) is 3. The van der Waals surface area contributed by atoms with Crippen molar-refractivity contribution in [3.8, 4) is 28.7 Å². The van der Waals surface area contributed by atoms with Crippen molar-refractivity contribution in [2.75, 3.05) is 32.6 Å². The Bertz CT molecular complexity index is 2530. The van der Waals surface area contributed by atoms with Crippen molar-refractivity contribution < 1.29 is 63.6 Å². The van der Waals surface area contributed by atoms with E-state index in [-0.39, 0.29) is 56.6 Å². The number of allylic oxidation sites excluding steroid dienone is 2. The van der Waals surface area contributed by atoms with E-state index in [2.05, 4.69) is 10.2 Å². The number of phenolic OH excluding ortho intramolecular Hbond substituents is 3. The van der Waals surface area contributed by atoms with Crippen LogP contribution in [0.3, 0.4) is 0 Å². The summed E-state index contributed by atoms with van der Waals surface area (Å²) in [5.74, 6) is -7.76. The van der Waals surface area contributed by atoms with Crippen molar-refractivity contribution in [1.82, 2.24) is 9.91 Å². The van der Waals surface area contributed by atoms with Gasteiger partial charge in [0.1, 0.15) is 29.1 Å². The number of aliphatic hydroxyl groups excluding tert-OH is 2. The van der Waals surface area contributed by atoms with Gasteiger partial charge in [0, 0.05) is 80.8 Å². The molecule has 0 aliphatic carbocycles. The standard InChI is InChI=1S/C52H68N4O13/c1-26-14-13-15-27(2)51(64)54-42-37(22-53-56-28(3)23-55(24-29(56)4)25-35-16-18-36(65-11)19-17-35)46(61)39-40(47(42)62)45(60)33(8)49-41(39)50(63)52(10,69-49)67-21-20-38(66-12)30(5)48(68-34(9)57)32(7)44(59)31(6)43(26)58/h13-22,26,28-32,38,43-44,48,58-62H,23-25H2,1-12H3,(H,54,64)/t26-,28-,29+,30+,31-,32-,38+,43-,44-,48+,52+/m1/s1. The molecule has 0 unspecified atom stereocenters. The Balaban J connectivity index is 1.47. The molecule has 0 aromatic heterocycles. The van der Waals surface area contributed by atoms with Crippen molar-refractivity contribution in [3.63, 3.8) is 0 Å². The van der Waals surface area contributed by atoms with Crippen LogP contribution in [0.2, 0.25) is 0 Å². The Morgan fingerprint density at radius 2 is 1.55 bits per heavy atom. The van der Waals surface area contributed by atoms with Crippen LogP contribution in [-0.2, 0) is 30.3 Å². The molecule has 4 heterocycles. The number of rotatable bonds is 7. The summed E-state index contributed by atoms with van der Waals surface area (Å²) in [6, 6.07) is 7.62. The summed E-state index contributed by atoms with van der Waals surface area (Å²) in [4.78, 5) is 43.4. The number of piperazine rings is 1. The van der Waals surface area contributed by atoms with Gasteiger partial charge < -0.3 is 54.5 Å². The van der Waals surface area contributed by atoms with Crippen LogP contribution in [0.15, 0.2) is 65.5 Å². The molecule has 3 aromatic carbocycles. The number of carbonyl (C=O) groups excluding carboxylic acids is 3. The van der Waals surface area contributed by atoms with Gasteiger partial charge in [-0.2, -0.15) is 5.10 Å². The number of nitrogens with one attached hydrogen (secondary N) is 1. The molecule has 69 heavy (non-hydrogen) atoms. The second-order valence-electron chi connectivity index (χ2n) is 19.0. The Kier molecular flexibility index (Phi) is 16.1. The van der Waals surface area contributed by atoms with Gasteiger partial charge in [-0.25, -0.2) is 0 Å². The summed E-state index contributed by atoms with van der Waals surface area (Å²) >= 11 is 0. The number of Topliss-reactive ketones (excluding diaryl/α,β-unsaturated/α-hetero) is 1. The monoisotopic (exact) mass is 956 g/mol. The van der Waals surface area contributed by atoms with Crippen LogP contribution in [0, 0.1) is 30.6 Å². The number of fused-ring (bicyclic) bond motifs is 14. The number of carbonyl (C=O) groups is 3. The van der Waals surface area contributed by atoms with Crippen molar-refractivity contribution in [3.05, 3.63) is 82.7 Å². The maximum absolute atomic E-state index is 14.7. The fourth-order valence-corrected chi connectivity index (χ4v) is 9.77. The smallest absolute Gasteiger partial charge is 0.312 e. The van der Waals surface area contributed by atoms with Crippen LogP contribution < -0.4 is 14.8 Å². The molecule has 0 radical (unpaired) electrons. The van der Waals surface area contributed by atoms with Gasteiger partial charge in [0.2, 0.25) is 0 Å². The number of methoxy groups -OCH3 is 2. The minimum atomic E-state index is -2.07. The van der Waals surface area contributed by atoms with Gasteiger partial charge in [0.05, 0.1) is 72.2 Å². The molecule has 374 valence electrons. The highest BCUT2D eigenvalue weighted by Crippen LogP contribution is 2.55. The molecule has 3 aromatic rings. The third kappa shape index (κ3) is 10.6. The van der Waals surface area contributed by atoms with Crippen LogP contribution in [-0.4, -0.2) is 129 Å². The quantitative estimate of drug-likeness (QED) is 0.0627. The lowest BCUT2D eigenvalue weighted by atomic mass is 9.78. The summed E-state index contributed by atoms with van der Waals surface area (Å²) in [6.45, 7) is 18.5. The van der Waals surface area contributed by atoms with E-state index < -0.39 is 88.8 Å². The number of ketones is 1. The van der Waals surface area contributed by atoms with Gasteiger partial charge in [-0.15, -0.1) is 0 Å². The maximum atomic E-state index is 14.7. The lowest BCUT2D eigenvalue weighted by molar-refractivity contribution is -0.160. The molecule has 1 amide bonds. The SMILES string of the molecule is COc1ccc(CN2C[C@@H](C)N(N=Cc3c4c(O)c5c(O)c(C)c6c(c5c3O)C(=O)[C@@](C)(OC=C[C@H](OC)[C@H](C)[C@H](OC(C)=O)[C@H](C)[C@H](O)[C@H](C)[C@H](O)[C@H](C)C=CC=C(C)C(=O)N4)O6)[C@@H](C)C2)cc1. The van der Waals surface area contributed by atoms with E-state index in [0.29, 0.717) is 19.6 Å². The van der Waals surface area contributed by atoms with Crippen molar-refractivity contribution >= 4 is 40.3 Å². The van der Waals surface area contributed by atoms with E-state index >= 15 is 0 Å². The van der Waals surface area contributed by atoms with Crippen LogP contribution in [0.25, 0.3) is 10.8 Å². The second-order valence-corrected chi connectivity index (χ2v) is 19.0. The topological polar surface area (TPSA) is 229 Å². The summed E-state index contributed by atoms with van der Waals surface area (Å²) in [6.07, 6.45) is 4.84. The lowest BCUT2D eigenvalue weighted by Crippen LogP contribution is -2.54. The lowest BCUT2D eigenvalue weighted by Gasteiger charge is -2.42. The Labute approximate surface area is 403 Å². The highest BCUT2D eigenvalue weighted by atomic mass is 16.7. The summed E-state index contributed by atoms with van der Waals surface area (Å²) < 4.78 is 29.1. The zero-order valence-electron chi connectivity index (χ0n) is 41.5.